The van der Waals surface area contributed by atoms with Gasteiger partial charge in [0.2, 0.25) is 0 Å². The maximum atomic E-state index is 14.5. The summed E-state index contributed by atoms with van der Waals surface area (Å²) in [5.74, 6) is -0.686. The van der Waals surface area contributed by atoms with E-state index >= 15 is 0 Å². The number of carbonyl (C=O) groups excluding carboxylic acids is 2. The van der Waals surface area contributed by atoms with Gasteiger partial charge < -0.3 is 18.7 Å². The lowest BCUT2D eigenvalue weighted by Crippen LogP contribution is -2.23. The molecule has 41 heavy (non-hydrogen) atoms. The Labute approximate surface area is 236 Å². The van der Waals surface area contributed by atoms with E-state index in [4.69, 9.17) is 16.6 Å². The normalized spacial score (nSPS) is 13.3. The van der Waals surface area contributed by atoms with Crippen molar-refractivity contribution in [3.63, 3.8) is 0 Å². The molecule has 6 aromatic rings. The fourth-order valence-electron chi connectivity index (χ4n) is 4.81. The molecule has 1 saturated carbocycles. The van der Waals surface area contributed by atoms with Gasteiger partial charge in [-0.15, -0.1) is 5.10 Å². The van der Waals surface area contributed by atoms with Gasteiger partial charge in [0.25, 0.3) is 5.91 Å². The van der Waals surface area contributed by atoms with Crippen LogP contribution >= 0.6 is 11.6 Å². The van der Waals surface area contributed by atoms with E-state index in [-0.39, 0.29) is 35.1 Å². The topological polar surface area (TPSA) is 129 Å². The monoisotopic (exact) mass is 572 g/mol. The highest BCUT2D eigenvalue weighted by Gasteiger charge is 2.26. The Morgan fingerprint density at radius 1 is 1.10 bits per heavy atom. The highest BCUT2D eigenvalue weighted by Crippen LogP contribution is 2.41. The molecule has 1 amide bonds. The number of fused-ring (bicyclic) bond motifs is 2. The molecule has 0 atom stereocenters. The lowest BCUT2D eigenvalue weighted by Gasteiger charge is -2.08. The zero-order valence-electron chi connectivity index (χ0n) is 21.7. The highest BCUT2D eigenvalue weighted by atomic mass is 35.5. The number of pyridine rings is 2. The van der Waals surface area contributed by atoms with Crippen molar-refractivity contribution < 1.29 is 14.0 Å². The maximum absolute atomic E-state index is 14.5. The van der Waals surface area contributed by atoms with Crippen LogP contribution in [0.5, 0.6) is 0 Å². The molecule has 0 saturated heterocycles. The Morgan fingerprint density at radius 2 is 1.95 bits per heavy atom. The lowest BCUT2D eigenvalue weighted by molar-refractivity contribution is 0.0944. The van der Waals surface area contributed by atoms with Crippen LogP contribution in [0.15, 0.2) is 55.8 Å². The first-order chi connectivity index (χ1) is 19.8. The second kappa shape index (κ2) is 9.63. The van der Waals surface area contributed by atoms with Crippen molar-refractivity contribution in [2.45, 2.75) is 38.8 Å². The number of ketones is 1. The molecule has 0 aromatic carbocycles. The highest BCUT2D eigenvalue weighted by molar-refractivity contribution is 6.31. The van der Waals surface area contributed by atoms with Gasteiger partial charge in [-0.3, -0.25) is 9.59 Å². The van der Waals surface area contributed by atoms with Gasteiger partial charge in [-0.1, -0.05) is 16.8 Å². The molecule has 12 nitrogen and oxygen atoms in total. The second-order valence-corrected chi connectivity index (χ2v) is 10.4. The third-order valence-corrected chi connectivity index (χ3v) is 7.35. The maximum Gasteiger partial charge on any atom is 0.273 e. The third-order valence-electron chi connectivity index (χ3n) is 7.05. The largest absolute Gasteiger partial charge is 0.345 e. The van der Waals surface area contributed by atoms with Crippen molar-refractivity contribution in [2.24, 2.45) is 0 Å². The molecule has 1 fully saturated rings. The molecule has 0 bridgehead atoms. The summed E-state index contributed by atoms with van der Waals surface area (Å²) in [5, 5.41) is 10.8. The summed E-state index contributed by atoms with van der Waals surface area (Å²) in [7, 11) is 0. The van der Waals surface area contributed by atoms with Crippen LogP contribution in [0.25, 0.3) is 16.9 Å². The minimum atomic E-state index is -0.603. The molecule has 0 spiro atoms. The summed E-state index contributed by atoms with van der Waals surface area (Å²) in [6, 6.07) is 3.53. The minimum Gasteiger partial charge on any atom is -0.345 e. The van der Waals surface area contributed by atoms with E-state index in [1.165, 1.54) is 40.2 Å². The summed E-state index contributed by atoms with van der Waals surface area (Å²) < 4.78 is 21.3. The Hall–Kier alpha value is -4.91. The number of nitrogens with one attached hydrogen (secondary N) is 1. The predicted molar refractivity (Wildman–Crippen MR) is 145 cm³/mol. The fourth-order valence-corrected chi connectivity index (χ4v) is 4.96. The van der Waals surface area contributed by atoms with Crippen molar-refractivity contribution in [2.75, 3.05) is 0 Å². The summed E-state index contributed by atoms with van der Waals surface area (Å²) in [6.45, 7) is 1.74. The Bertz CT molecular complexity index is 1980. The van der Waals surface area contributed by atoms with Crippen LogP contribution in [0, 0.1) is 5.82 Å². The van der Waals surface area contributed by atoms with Crippen LogP contribution in [-0.4, -0.2) is 55.0 Å². The Balaban J connectivity index is 1.11. The van der Waals surface area contributed by atoms with Crippen molar-refractivity contribution in [3.05, 3.63) is 95.0 Å². The zero-order valence-corrected chi connectivity index (χ0v) is 22.5. The molecule has 0 radical (unpaired) electrons. The smallest absolute Gasteiger partial charge is 0.273 e. The number of amides is 1. The van der Waals surface area contributed by atoms with E-state index in [0.717, 1.165) is 18.5 Å². The Kier molecular flexibility index (Phi) is 5.89. The first-order valence-corrected chi connectivity index (χ1v) is 13.3. The SMILES string of the molecule is CC(=O)c1cn(-c2cc(C3CC3)cn3cc(Cn4cc(C(=O)NCc5ncn6ccc(Cl)c(F)c56)nn4)nc23)cn1. The number of hydrogen-bond acceptors (Lipinski definition) is 7. The molecule has 7 rings (SSSR count). The molecular formula is C27H22ClFN10O2. The second-order valence-electron chi connectivity index (χ2n) is 10.0. The van der Waals surface area contributed by atoms with Crippen LogP contribution in [0.3, 0.4) is 0 Å². The zero-order chi connectivity index (χ0) is 28.2. The summed E-state index contributed by atoms with van der Waals surface area (Å²) in [6.07, 6.45) is 14.2. The van der Waals surface area contributed by atoms with Gasteiger partial charge in [0.05, 0.1) is 47.7 Å². The predicted octanol–water partition coefficient (Wildman–Crippen LogP) is 3.61. The fraction of sp³-hybridized carbons (Fsp3) is 0.222. The average molecular weight is 573 g/mol. The number of imidazole rings is 3. The molecule has 206 valence electrons. The van der Waals surface area contributed by atoms with Crippen molar-refractivity contribution in [3.8, 4) is 5.69 Å². The first-order valence-electron chi connectivity index (χ1n) is 12.9. The number of carbonyl (C=O) groups is 2. The van der Waals surface area contributed by atoms with Crippen molar-refractivity contribution in [1.29, 1.82) is 0 Å². The van der Waals surface area contributed by atoms with Gasteiger partial charge in [-0.05, 0) is 36.5 Å². The first kappa shape index (κ1) is 25.1. The number of aromatic nitrogens is 9. The van der Waals surface area contributed by atoms with E-state index in [2.05, 4.69) is 37.9 Å². The van der Waals surface area contributed by atoms with E-state index in [1.807, 2.05) is 15.2 Å². The molecule has 1 N–H and O–H groups in total. The quantitative estimate of drug-likeness (QED) is 0.276. The molecule has 6 heterocycles. The van der Waals surface area contributed by atoms with Gasteiger partial charge in [0.1, 0.15) is 17.5 Å². The minimum absolute atomic E-state index is 0.0163. The standard InChI is InChI=1S/C27H22ClFN10O2/c1-15(40)21-11-38(14-32-21)23-6-17(16-2-3-16)8-37-9-18(33-26(23)37)10-39-12-22(34-35-39)27(41)30-7-20-25-24(29)19(28)4-5-36(25)13-31-20/h4-6,8-9,11-14,16H,2-3,7,10H2,1H3,(H,30,41). The molecule has 0 unspecified atom stereocenters. The molecule has 6 aromatic heterocycles. The van der Waals surface area contributed by atoms with Crippen molar-refractivity contribution in [1.82, 2.24) is 48.6 Å². The number of nitrogens with zero attached hydrogens (tertiary/aromatic N) is 9. The van der Waals surface area contributed by atoms with E-state index < -0.39 is 11.7 Å². The molecular weight excluding hydrogens is 551 g/mol. The van der Waals surface area contributed by atoms with Gasteiger partial charge in [-0.2, -0.15) is 0 Å². The number of rotatable bonds is 8. The summed E-state index contributed by atoms with van der Waals surface area (Å²) >= 11 is 5.90. The number of Topliss-reactive ketones (excluding diaryl/α,β-unsaturated/α-hetero) is 1. The molecule has 14 heteroatoms. The van der Waals surface area contributed by atoms with Crippen LogP contribution < -0.4 is 5.32 Å². The number of halogens is 2. The van der Waals surface area contributed by atoms with E-state index in [1.54, 1.807) is 18.7 Å². The molecule has 1 aliphatic carbocycles. The van der Waals surface area contributed by atoms with Crippen molar-refractivity contribution >= 4 is 34.5 Å². The van der Waals surface area contributed by atoms with Gasteiger partial charge in [0.15, 0.2) is 22.9 Å². The average Bonchev–Trinajstić information content (AvgIpc) is 3.34. The van der Waals surface area contributed by atoms with Gasteiger partial charge in [-0.25, -0.2) is 24.0 Å². The molecule has 0 aliphatic heterocycles. The summed E-state index contributed by atoms with van der Waals surface area (Å²) in [4.78, 5) is 37.8. The third kappa shape index (κ3) is 4.63. The Morgan fingerprint density at radius 3 is 2.73 bits per heavy atom. The van der Waals surface area contributed by atoms with Crippen LogP contribution in [0.2, 0.25) is 5.02 Å². The molecule has 1 aliphatic rings. The van der Waals surface area contributed by atoms with Crippen LogP contribution in [-0.2, 0) is 13.1 Å². The van der Waals surface area contributed by atoms with Gasteiger partial charge >= 0.3 is 0 Å². The van der Waals surface area contributed by atoms with Gasteiger partial charge in [0, 0.05) is 31.7 Å². The summed E-state index contributed by atoms with van der Waals surface area (Å²) in [5.41, 5.74) is 4.45. The number of hydrogen-bond donors (Lipinski definition) is 1. The van der Waals surface area contributed by atoms with Crippen LogP contribution in [0.4, 0.5) is 4.39 Å². The van der Waals surface area contributed by atoms with Crippen LogP contribution in [0.1, 0.15) is 63.6 Å². The van der Waals surface area contributed by atoms with E-state index in [0.29, 0.717) is 28.6 Å². The lowest BCUT2D eigenvalue weighted by atomic mass is 10.2. The van der Waals surface area contributed by atoms with E-state index in [9.17, 15) is 14.0 Å².